The number of carbonyl (C=O) groups is 1. The molecule has 0 aromatic heterocycles. The van der Waals surface area contributed by atoms with Gasteiger partial charge in [0.2, 0.25) is 0 Å². The second-order valence-electron chi connectivity index (χ2n) is 6.00. The van der Waals surface area contributed by atoms with Crippen molar-refractivity contribution >= 4 is 5.91 Å². The van der Waals surface area contributed by atoms with Crippen LogP contribution in [0.4, 0.5) is 0 Å². The van der Waals surface area contributed by atoms with Gasteiger partial charge in [0.15, 0.2) is 0 Å². The molecule has 3 heteroatoms. The molecule has 0 saturated carbocycles. The molecule has 0 aliphatic carbocycles. The quantitative estimate of drug-likeness (QED) is 0.917. The molecule has 0 bridgehead atoms. The van der Waals surface area contributed by atoms with Gasteiger partial charge in [-0.15, -0.1) is 0 Å². The Hall–Kier alpha value is -2.29. The number of phenols is 1. The number of hydrogen-bond donors (Lipinski definition) is 1. The van der Waals surface area contributed by atoms with E-state index in [1.165, 1.54) is 5.56 Å². The molecule has 114 valence electrons. The van der Waals surface area contributed by atoms with Crippen LogP contribution < -0.4 is 0 Å². The summed E-state index contributed by atoms with van der Waals surface area (Å²) in [7, 11) is 0. The summed E-state index contributed by atoms with van der Waals surface area (Å²) in [4.78, 5) is 14.4. The minimum Gasteiger partial charge on any atom is -0.507 e. The normalized spacial score (nSPS) is 15.8. The smallest absolute Gasteiger partial charge is 0.257 e. The molecule has 3 rings (SSSR count). The summed E-state index contributed by atoms with van der Waals surface area (Å²) in [5.41, 5.74) is 2.76. The Labute approximate surface area is 131 Å². The minimum atomic E-state index is -0.0623. The molecular weight excluding hydrogens is 274 g/mol. The zero-order valence-corrected chi connectivity index (χ0v) is 12.8. The first kappa shape index (κ1) is 14.6. The molecule has 1 fully saturated rings. The molecule has 0 radical (unpaired) electrons. The van der Waals surface area contributed by atoms with Crippen LogP contribution in [0.15, 0.2) is 48.5 Å². The standard InChI is InChI=1S/C19H21NO2/c1-14-7-8-18(21)17(13-14)19(22)20-11-9-16(10-12-20)15-5-3-2-4-6-15/h2-8,13,16,21H,9-12H2,1H3. The Morgan fingerprint density at radius 3 is 2.45 bits per heavy atom. The molecule has 1 N–H and O–H groups in total. The summed E-state index contributed by atoms with van der Waals surface area (Å²) in [6.45, 7) is 3.41. The molecule has 0 unspecified atom stereocenters. The first-order valence-corrected chi connectivity index (χ1v) is 7.79. The van der Waals surface area contributed by atoms with Crippen molar-refractivity contribution in [3.8, 4) is 5.75 Å². The lowest BCUT2D eigenvalue weighted by molar-refractivity contribution is 0.0710. The maximum Gasteiger partial charge on any atom is 0.257 e. The predicted octanol–water partition coefficient (Wildman–Crippen LogP) is 3.72. The average Bonchev–Trinajstić information content (AvgIpc) is 2.57. The van der Waals surface area contributed by atoms with Gasteiger partial charge in [-0.05, 0) is 43.4 Å². The predicted molar refractivity (Wildman–Crippen MR) is 87.2 cm³/mol. The van der Waals surface area contributed by atoms with Gasteiger partial charge in [-0.25, -0.2) is 0 Å². The van der Waals surface area contributed by atoms with Crippen molar-refractivity contribution in [1.29, 1.82) is 0 Å². The highest BCUT2D eigenvalue weighted by Crippen LogP contribution is 2.29. The molecule has 0 spiro atoms. The van der Waals surface area contributed by atoms with Crippen LogP contribution in [0, 0.1) is 6.92 Å². The lowest BCUT2D eigenvalue weighted by Gasteiger charge is -2.32. The van der Waals surface area contributed by atoms with Gasteiger partial charge in [0, 0.05) is 13.1 Å². The monoisotopic (exact) mass is 295 g/mol. The Kier molecular flexibility index (Phi) is 4.14. The second kappa shape index (κ2) is 6.22. The van der Waals surface area contributed by atoms with Crippen LogP contribution in [0.5, 0.6) is 5.75 Å². The van der Waals surface area contributed by atoms with Gasteiger partial charge in [-0.1, -0.05) is 42.0 Å². The van der Waals surface area contributed by atoms with E-state index < -0.39 is 0 Å². The van der Waals surface area contributed by atoms with Gasteiger partial charge in [0.1, 0.15) is 5.75 Å². The van der Waals surface area contributed by atoms with Crippen molar-refractivity contribution < 1.29 is 9.90 Å². The Morgan fingerprint density at radius 2 is 1.77 bits per heavy atom. The van der Waals surface area contributed by atoms with E-state index in [0.29, 0.717) is 11.5 Å². The van der Waals surface area contributed by atoms with Crippen molar-refractivity contribution in [3.05, 3.63) is 65.2 Å². The molecular formula is C19H21NO2. The molecule has 2 aromatic carbocycles. The number of hydrogen-bond acceptors (Lipinski definition) is 2. The van der Waals surface area contributed by atoms with Crippen molar-refractivity contribution in [1.82, 2.24) is 4.90 Å². The van der Waals surface area contributed by atoms with Gasteiger partial charge >= 0.3 is 0 Å². The first-order valence-electron chi connectivity index (χ1n) is 7.79. The number of aryl methyl sites for hydroxylation is 1. The van der Waals surface area contributed by atoms with Gasteiger partial charge < -0.3 is 10.0 Å². The third kappa shape index (κ3) is 2.98. The summed E-state index contributed by atoms with van der Waals surface area (Å²) in [5.74, 6) is 0.532. The van der Waals surface area contributed by atoms with E-state index in [1.54, 1.807) is 12.1 Å². The lowest BCUT2D eigenvalue weighted by Crippen LogP contribution is -2.38. The van der Waals surface area contributed by atoms with E-state index in [4.69, 9.17) is 0 Å². The maximum atomic E-state index is 12.6. The molecule has 2 aromatic rings. The molecule has 1 heterocycles. The summed E-state index contributed by atoms with van der Waals surface area (Å²) < 4.78 is 0. The summed E-state index contributed by atoms with van der Waals surface area (Å²) in [6, 6.07) is 15.7. The number of phenolic OH excluding ortho intramolecular Hbond substituents is 1. The van der Waals surface area contributed by atoms with Gasteiger partial charge in [-0.3, -0.25) is 4.79 Å². The number of piperidine rings is 1. The first-order chi connectivity index (χ1) is 10.6. The van der Waals surface area contributed by atoms with E-state index in [2.05, 4.69) is 24.3 Å². The SMILES string of the molecule is Cc1ccc(O)c(C(=O)N2CCC(c3ccccc3)CC2)c1. The fraction of sp³-hybridized carbons (Fsp3) is 0.316. The molecule has 1 amide bonds. The van der Waals surface area contributed by atoms with E-state index in [-0.39, 0.29) is 11.7 Å². The Morgan fingerprint density at radius 1 is 1.09 bits per heavy atom. The topological polar surface area (TPSA) is 40.5 Å². The van der Waals surface area contributed by atoms with E-state index in [0.717, 1.165) is 31.5 Å². The Balaban J connectivity index is 1.68. The number of rotatable bonds is 2. The number of likely N-dealkylation sites (tertiary alicyclic amines) is 1. The van der Waals surface area contributed by atoms with Crippen molar-refractivity contribution in [2.45, 2.75) is 25.7 Å². The second-order valence-corrected chi connectivity index (χ2v) is 6.00. The van der Waals surface area contributed by atoms with Gasteiger partial charge in [-0.2, -0.15) is 0 Å². The number of amides is 1. The largest absolute Gasteiger partial charge is 0.507 e. The fourth-order valence-electron chi connectivity index (χ4n) is 3.13. The van der Waals surface area contributed by atoms with Crippen LogP contribution in [-0.4, -0.2) is 29.0 Å². The van der Waals surface area contributed by atoms with Gasteiger partial charge in [0.05, 0.1) is 5.56 Å². The molecule has 3 nitrogen and oxygen atoms in total. The number of benzene rings is 2. The highest BCUT2D eigenvalue weighted by Gasteiger charge is 2.25. The maximum absolute atomic E-state index is 12.6. The highest BCUT2D eigenvalue weighted by atomic mass is 16.3. The minimum absolute atomic E-state index is 0.0623. The number of aromatic hydroxyl groups is 1. The van der Waals surface area contributed by atoms with Crippen molar-refractivity contribution in [3.63, 3.8) is 0 Å². The van der Waals surface area contributed by atoms with Crippen LogP contribution >= 0.6 is 0 Å². The lowest BCUT2D eigenvalue weighted by atomic mass is 9.89. The molecule has 1 saturated heterocycles. The number of carbonyl (C=O) groups excluding carboxylic acids is 1. The molecule has 22 heavy (non-hydrogen) atoms. The zero-order valence-electron chi connectivity index (χ0n) is 12.8. The van der Waals surface area contributed by atoms with E-state index >= 15 is 0 Å². The van der Waals surface area contributed by atoms with Crippen LogP contribution in [0.3, 0.4) is 0 Å². The molecule has 1 aliphatic rings. The third-order valence-electron chi connectivity index (χ3n) is 4.44. The van der Waals surface area contributed by atoms with Crippen LogP contribution in [0.2, 0.25) is 0 Å². The van der Waals surface area contributed by atoms with Crippen LogP contribution in [0.1, 0.15) is 40.2 Å². The Bertz CT molecular complexity index is 658. The third-order valence-corrected chi connectivity index (χ3v) is 4.44. The molecule has 1 aliphatic heterocycles. The van der Waals surface area contributed by atoms with E-state index in [9.17, 15) is 9.90 Å². The van der Waals surface area contributed by atoms with Crippen molar-refractivity contribution in [2.24, 2.45) is 0 Å². The zero-order chi connectivity index (χ0) is 15.5. The van der Waals surface area contributed by atoms with Gasteiger partial charge in [0.25, 0.3) is 5.91 Å². The highest BCUT2D eigenvalue weighted by molar-refractivity contribution is 5.97. The average molecular weight is 295 g/mol. The summed E-state index contributed by atoms with van der Waals surface area (Å²) in [5, 5.41) is 9.92. The van der Waals surface area contributed by atoms with Crippen LogP contribution in [0.25, 0.3) is 0 Å². The van der Waals surface area contributed by atoms with Crippen LogP contribution in [-0.2, 0) is 0 Å². The number of nitrogens with zero attached hydrogens (tertiary/aromatic N) is 1. The molecule has 0 atom stereocenters. The van der Waals surface area contributed by atoms with E-state index in [1.807, 2.05) is 24.0 Å². The summed E-state index contributed by atoms with van der Waals surface area (Å²) in [6.07, 6.45) is 1.95. The summed E-state index contributed by atoms with van der Waals surface area (Å²) >= 11 is 0. The fourth-order valence-corrected chi connectivity index (χ4v) is 3.13. The van der Waals surface area contributed by atoms with Crippen molar-refractivity contribution in [2.75, 3.05) is 13.1 Å².